The highest BCUT2D eigenvalue weighted by molar-refractivity contribution is 7.88. The van der Waals surface area contributed by atoms with E-state index in [1.807, 2.05) is 43.3 Å². The van der Waals surface area contributed by atoms with E-state index in [0.29, 0.717) is 11.3 Å². The zero-order valence-electron chi connectivity index (χ0n) is 18.6. The molecule has 0 radical (unpaired) electrons. The molecule has 172 valence electrons. The fourth-order valence-corrected chi connectivity index (χ4v) is 4.05. The molecule has 0 fully saturated rings. The molecule has 3 rings (SSSR count). The third-order valence-electron chi connectivity index (χ3n) is 5.08. The van der Waals surface area contributed by atoms with Gasteiger partial charge < -0.3 is 10.6 Å². The van der Waals surface area contributed by atoms with E-state index >= 15 is 0 Å². The van der Waals surface area contributed by atoms with Crippen molar-refractivity contribution in [3.05, 3.63) is 102 Å². The summed E-state index contributed by atoms with van der Waals surface area (Å²) in [4.78, 5) is 25.6. The van der Waals surface area contributed by atoms with Crippen LogP contribution in [-0.2, 0) is 21.4 Å². The molecule has 0 aliphatic heterocycles. The number of hydrogen-bond donors (Lipinski definition) is 2. The first-order valence-electron chi connectivity index (χ1n) is 10.5. The molecule has 1 unspecified atom stereocenters. The molecule has 0 spiro atoms. The van der Waals surface area contributed by atoms with E-state index in [-0.39, 0.29) is 25.0 Å². The second-order valence-corrected chi connectivity index (χ2v) is 9.70. The molecule has 0 aromatic heterocycles. The van der Waals surface area contributed by atoms with Gasteiger partial charge in [0.2, 0.25) is 15.9 Å². The molecule has 3 aromatic carbocycles. The van der Waals surface area contributed by atoms with Crippen molar-refractivity contribution in [1.29, 1.82) is 0 Å². The molecule has 0 aliphatic rings. The number of hydrogen-bond acceptors (Lipinski definition) is 4. The Bertz CT molecular complexity index is 1200. The lowest BCUT2D eigenvalue weighted by Crippen LogP contribution is -2.37. The van der Waals surface area contributed by atoms with Crippen LogP contribution in [0.3, 0.4) is 0 Å². The third kappa shape index (κ3) is 7.00. The summed E-state index contributed by atoms with van der Waals surface area (Å²) in [6, 6.07) is 25.0. The van der Waals surface area contributed by atoms with Gasteiger partial charge in [-0.1, -0.05) is 72.8 Å². The average molecular weight is 466 g/mol. The number of para-hydroxylation sites is 1. The van der Waals surface area contributed by atoms with Gasteiger partial charge in [0.15, 0.2) is 0 Å². The van der Waals surface area contributed by atoms with Crippen molar-refractivity contribution in [3.63, 3.8) is 0 Å². The van der Waals surface area contributed by atoms with Crippen LogP contribution in [0.5, 0.6) is 0 Å². The molecule has 3 aromatic rings. The lowest BCUT2D eigenvalue weighted by atomic mass is 10.1. The summed E-state index contributed by atoms with van der Waals surface area (Å²) in [6.45, 7) is 1.58. The van der Waals surface area contributed by atoms with Gasteiger partial charge in [0.25, 0.3) is 5.91 Å². The van der Waals surface area contributed by atoms with Gasteiger partial charge in [-0.05, 0) is 30.2 Å². The molecular formula is C25H27N3O4S. The van der Waals surface area contributed by atoms with Crippen LogP contribution in [0.2, 0.25) is 0 Å². The van der Waals surface area contributed by atoms with E-state index < -0.39 is 15.9 Å². The molecule has 8 heteroatoms. The summed E-state index contributed by atoms with van der Waals surface area (Å²) in [5.41, 5.74) is 2.33. The monoisotopic (exact) mass is 465 g/mol. The van der Waals surface area contributed by atoms with Gasteiger partial charge in [0.05, 0.1) is 30.1 Å². The summed E-state index contributed by atoms with van der Waals surface area (Å²) >= 11 is 0. The predicted molar refractivity (Wildman–Crippen MR) is 129 cm³/mol. The minimum absolute atomic E-state index is 0.0732. The van der Waals surface area contributed by atoms with Crippen molar-refractivity contribution in [1.82, 2.24) is 9.62 Å². The summed E-state index contributed by atoms with van der Waals surface area (Å²) in [6.07, 6.45) is 1.07. The lowest BCUT2D eigenvalue weighted by molar-refractivity contribution is -0.116. The maximum absolute atomic E-state index is 12.9. The van der Waals surface area contributed by atoms with Crippen molar-refractivity contribution in [2.75, 3.05) is 18.1 Å². The third-order valence-corrected chi connectivity index (χ3v) is 6.28. The first-order valence-corrected chi connectivity index (χ1v) is 12.3. The van der Waals surface area contributed by atoms with Gasteiger partial charge in [0.1, 0.15) is 0 Å². The molecule has 0 bridgehead atoms. The fraction of sp³-hybridized carbons (Fsp3) is 0.200. The van der Waals surface area contributed by atoms with E-state index in [4.69, 9.17) is 0 Å². The zero-order chi connectivity index (χ0) is 23.8. The van der Waals surface area contributed by atoms with Gasteiger partial charge >= 0.3 is 0 Å². The van der Waals surface area contributed by atoms with Crippen molar-refractivity contribution < 1.29 is 18.0 Å². The summed E-state index contributed by atoms with van der Waals surface area (Å²) in [7, 11) is -3.63. The highest BCUT2D eigenvalue weighted by Crippen LogP contribution is 2.18. The maximum atomic E-state index is 12.9. The van der Waals surface area contributed by atoms with E-state index in [1.165, 1.54) is 0 Å². The van der Waals surface area contributed by atoms with E-state index in [2.05, 4.69) is 10.6 Å². The van der Waals surface area contributed by atoms with Gasteiger partial charge in [-0.3, -0.25) is 9.59 Å². The minimum atomic E-state index is -3.63. The number of benzene rings is 3. The molecule has 2 N–H and O–H groups in total. The first-order chi connectivity index (χ1) is 15.7. The van der Waals surface area contributed by atoms with Gasteiger partial charge in [-0.2, -0.15) is 4.31 Å². The minimum Gasteiger partial charge on any atom is -0.345 e. The highest BCUT2D eigenvalue weighted by atomic mass is 32.2. The number of anilines is 1. The van der Waals surface area contributed by atoms with Crippen LogP contribution >= 0.6 is 0 Å². The number of nitrogens with one attached hydrogen (secondary N) is 2. The van der Waals surface area contributed by atoms with Crippen LogP contribution in [0, 0.1) is 0 Å². The second-order valence-electron chi connectivity index (χ2n) is 7.72. The highest BCUT2D eigenvalue weighted by Gasteiger charge is 2.22. The molecule has 0 saturated carbocycles. The maximum Gasteiger partial charge on any atom is 0.253 e. The molecule has 2 amide bonds. The summed E-state index contributed by atoms with van der Waals surface area (Å²) in [5.74, 6) is -0.876. The smallest absolute Gasteiger partial charge is 0.253 e. The van der Waals surface area contributed by atoms with Crippen LogP contribution in [0.4, 0.5) is 5.69 Å². The molecule has 33 heavy (non-hydrogen) atoms. The first kappa shape index (κ1) is 24.2. The lowest BCUT2D eigenvalue weighted by Gasteiger charge is -2.20. The van der Waals surface area contributed by atoms with Crippen molar-refractivity contribution in [2.24, 2.45) is 0 Å². The fourth-order valence-electron chi connectivity index (χ4n) is 3.32. The average Bonchev–Trinajstić information content (AvgIpc) is 2.79. The van der Waals surface area contributed by atoms with E-state index in [0.717, 1.165) is 21.7 Å². The van der Waals surface area contributed by atoms with Crippen molar-refractivity contribution in [3.8, 4) is 0 Å². The Labute approximate surface area is 194 Å². The van der Waals surface area contributed by atoms with Crippen LogP contribution in [0.15, 0.2) is 84.9 Å². The summed E-state index contributed by atoms with van der Waals surface area (Å²) in [5, 5.41) is 5.61. The van der Waals surface area contributed by atoms with E-state index in [1.54, 1.807) is 48.5 Å². The largest absolute Gasteiger partial charge is 0.345 e. The Morgan fingerprint density at radius 2 is 1.45 bits per heavy atom. The zero-order valence-corrected chi connectivity index (χ0v) is 19.4. The second kappa shape index (κ2) is 10.9. The van der Waals surface area contributed by atoms with Crippen LogP contribution in [0.1, 0.15) is 34.5 Å². The SMILES string of the molecule is CC(NC(=O)c1ccccc1NC(=O)CN(Cc1ccccc1)S(C)(=O)=O)c1ccccc1. The predicted octanol–water partition coefficient (Wildman–Crippen LogP) is 3.58. The van der Waals surface area contributed by atoms with Crippen LogP contribution in [-0.4, -0.2) is 37.3 Å². The Balaban J connectivity index is 1.71. The number of amides is 2. The standard InChI is InChI=1S/C25H27N3O4S/c1-19(21-13-7-4-8-14-21)26-25(30)22-15-9-10-16-23(22)27-24(29)18-28(33(2,31)32)17-20-11-5-3-6-12-20/h3-16,19H,17-18H2,1-2H3,(H,26,30)(H,27,29). The quantitative estimate of drug-likeness (QED) is 0.505. The number of sulfonamides is 1. The molecule has 0 heterocycles. The number of carbonyl (C=O) groups excluding carboxylic acids is 2. The van der Waals surface area contributed by atoms with Gasteiger partial charge in [-0.15, -0.1) is 0 Å². The summed E-state index contributed by atoms with van der Waals surface area (Å²) < 4.78 is 25.6. The molecule has 1 atom stereocenters. The molecule has 7 nitrogen and oxygen atoms in total. The topological polar surface area (TPSA) is 95.6 Å². The number of rotatable bonds is 9. The van der Waals surface area contributed by atoms with Crippen molar-refractivity contribution in [2.45, 2.75) is 19.5 Å². The number of carbonyl (C=O) groups is 2. The van der Waals surface area contributed by atoms with E-state index in [9.17, 15) is 18.0 Å². The molecule has 0 saturated heterocycles. The Morgan fingerprint density at radius 3 is 2.09 bits per heavy atom. The van der Waals surface area contributed by atoms with Gasteiger partial charge in [0, 0.05) is 6.54 Å². The molecular weight excluding hydrogens is 438 g/mol. The van der Waals surface area contributed by atoms with Crippen LogP contribution < -0.4 is 10.6 Å². The molecule has 0 aliphatic carbocycles. The Morgan fingerprint density at radius 1 is 0.879 bits per heavy atom. The van der Waals surface area contributed by atoms with Crippen molar-refractivity contribution >= 4 is 27.5 Å². The Kier molecular flexibility index (Phi) is 7.97. The van der Waals surface area contributed by atoms with Crippen LogP contribution in [0.25, 0.3) is 0 Å². The number of nitrogens with zero attached hydrogens (tertiary/aromatic N) is 1. The van der Waals surface area contributed by atoms with Gasteiger partial charge in [-0.25, -0.2) is 8.42 Å². The Hall–Kier alpha value is -3.49. The normalized spacial score (nSPS) is 12.2.